The summed E-state index contributed by atoms with van der Waals surface area (Å²) >= 11 is 5.46. The summed E-state index contributed by atoms with van der Waals surface area (Å²) in [5, 5.41) is 10.1. The molecule has 0 radical (unpaired) electrons. The van der Waals surface area contributed by atoms with Crippen LogP contribution in [0.2, 0.25) is 5.02 Å². The van der Waals surface area contributed by atoms with Crippen molar-refractivity contribution in [2.75, 3.05) is 6.54 Å². The van der Waals surface area contributed by atoms with Crippen LogP contribution in [0.3, 0.4) is 0 Å². The quantitative estimate of drug-likeness (QED) is 0.484. The molecule has 5 nitrogen and oxygen atoms in total. The molecule has 9 heteroatoms. The lowest BCUT2D eigenvalue weighted by molar-refractivity contribution is -0.465. The number of halogens is 4. The monoisotopic (exact) mass is 283 g/mol. The predicted molar refractivity (Wildman–Crippen MR) is 54.3 cm³/mol. The van der Waals surface area contributed by atoms with Crippen molar-refractivity contribution in [3.05, 3.63) is 38.9 Å². The van der Waals surface area contributed by atoms with E-state index in [-0.39, 0.29) is 5.02 Å². The Kier molecular flexibility index (Phi) is 4.12. The molecule has 98 valence electrons. The van der Waals surface area contributed by atoms with Gasteiger partial charge in [0.25, 0.3) is 6.54 Å². The second-order valence-electron chi connectivity index (χ2n) is 3.10. The molecule has 0 saturated carbocycles. The van der Waals surface area contributed by atoms with Crippen LogP contribution in [0, 0.1) is 10.1 Å². The first kappa shape index (κ1) is 14.2. The molecule has 0 saturated heterocycles. The summed E-state index contributed by atoms with van der Waals surface area (Å²) in [6, 6.07) is 2.84. The van der Waals surface area contributed by atoms with Crippen molar-refractivity contribution < 1.29 is 27.6 Å². The highest BCUT2D eigenvalue weighted by Crippen LogP contribution is 2.29. The van der Waals surface area contributed by atoms with Gasteiger partial charge >= 0.3 is 6.36 Å². The molecule has 0 fully saturated rings. The summed E-state index contributed by atoms with van der Waals surface area (Å²) in [4.78, 5) is 20.5. The number of nitrogens with zero attached hydrogens (tertiary/aromatic N) is 1. The average molecular weight is 284 g/mol. The number of Topliss-reactive ketones (excluding diaryl/α,β-unsaturated/α-hetero) is 1. The third-order valence-electron chi connectivity index (χ3n) is 1.74. The van der Waals surface area contributed by atoms with E-state index in [0.29, 0.717) is 0 Å². The number of ketones is 1. The Morgan fingerprint density at radius 1 is 1.44 bits per heavy atom. The number of carbonyl (C=O) groups excluding carboxylic acids is 1. The number of carbonyl (C=O) groups is 1. The topological polar surface area (TPSA) is 69.4 Å². The zero-order valence-electron chi connectivity index (χ0n) is 8.53. The molecule has 1 aromatic carbocycles. The first-order valence-corrected chi connectivity index (χ1v) is 4.77. The Labute approximate surface area is 103 Å². The number of alkyl halides is 3. The van der Waals surface area contributed by atoms with Crippen LogP contribution in [0.5, 0.6) is 5.75 Å². The Morgan fingerprint density at radius 3 is 2.56 bits per heavy atom. The molecule has 0 bridgehead atoms. The van der Waals surface area contributed by atoms with Gasteiger partial charge in [-0.15, -0.1) is 13.2 Å². The van der Waals surface area contributed by atoms with E-state index in [1.807, 2.05) is 0 Å². The first-order valence-electron chi connectivity index (χ1n) is 4.39. The van der Waals surface area contributed by atoms with Crippen LogP contribution in [-0.4, -0.2) is 23.6 Å². The van der Waals surface area contributed by atoms with Gasteiger partial charge in [-0.05, 0) is 18.2 Å². The van der Waals surface area contributed by atoms with Crippen molar-refractivity contribution in [2.24, 2.45) is 0 Å². The van der Waals surface area contributed by atoms with E-state index >= 15 is 0 Å². The maximum absolute atomic E-state index is 12.1. The third-order valence-corrected chi connectivity index (χ3v) is 1.98. The molecule has 0 N–H and O–H groups in total. The third kappa shape index (κ3) is 4.21. The summed E-state index contributed by atoms with van der Waals surface area (Å²) in [5.74, 6) is -1.96. The normalized spacial score (nSPS) is 11.1. The molecule has 0 heterocycles. The van der Waals surface area contributed by atoms with E-state index in [9.17, 15) is 28.1 Å². The Bertz CT molecular complexity index is 489. The van der Waals surface area contributed by atoms with E-state index in [1.54, 1.807) is 0 Å². The minimum Gasteiger partial charge on any atom is -0.405 e. The number of benzene rings is 1. The molecule has 1 rings (SSSR count). The largest absolute Gasteiger partial charge is 0.573 e. The zero-order valence-corrected chi connectivity index (χ0v) is 9.29. The zero-order chi connectivity index (χ0) is 13.9. The number of nitro groups is 1. The van der Waals surface area contributed by atoms with Crippen molar-refractivity contribution in [2.45, 2.75) is 6.36 Å². The van der Waals surface area contributed by atoms with Gasteiger partial charge in [0.2, 0.25) is 5.78 Å². The first-order chi connectivity index (χ1) is 8.19. The fourth-order valence-electron chi connectivity index (χ4n) is 1.14. The molecule has 0 aromatic heterocycles. The lowest BCUT2D eigenvalue weighted by Crippen LogP contribution is -2.21. The number of hydrogen-bond donors (Lipinski definition) is 0. The van der Waals surface area contributed by atoms with Crippen LogP contribution in [0.4, 0.5) is 13.2 Å². The number of rotatable bonds is 4. The Hall–Kier alpha value is -1.83. The van der Waals surface area contributed by atoms with Gasteiger partial charge in [0.1, 0.15) is 5.75 Å². The Morgan fingerprint density at radius 2 is 2.06 bits per heavy atom. The standard InChI is InChI=1S/C9H5ClF3NO4/c10-5-1-2-6(7(15)4-14(16)17)8(3-5)18-9(11,12)13/h1-3H,4H2. The van der Waals surface area contributed by atoms with Gasteiger partial charge in [-0.3, -0.25) is 14.9 Å². The van der Waals surface area contributed by atoms with Gasteiger partial charge in [0.05, 0.1) is 5.56 Å². The van der Waals surface area contributed by atoms with Gasteiger partial charge in [0.15, 0.2) is 0 Å². The van der Waals surface area contributed by atoms with Gasteiger partial charge in [0, 0.05) is 9.95 Å². The molecule has 0 aliphatic heterocycles. The fraction of sp³-hybridized carbons (Fsp3) is 0.222. The molecule has 0 aliphatic carbocycles. The molecule has 0 unspecified atom stereocenters. The number of ether oxygens (including phenoxy) is 1. The van der Waals surface area contributed by atoms with Crippen LogP contribution in [-0.2, 0) is 0 Å². The maximum atomic E-state index is 12.1. The lowest BCUT2D eigenvalue weighted by atomic mass is 10.1. The second kappa shape index (κ2) is 5.21. The van der Waals surface area contributed by atoms with Crippen LogP contribution in [0.1, 0.15) is 10.4 Å². The molecule has 0 atom stereocenters. The predicted octanol–water partition coefficient (Wildman–Crippen LogP) is 2.70. The molecular formula is C9H5ClF3NO4. The highest BCUT2D eigenvalue weighted by molar-refractivity contribution is 6.30. The van der Waals surface area contributed by atoms with Gasteiger partial charge < -0.3 is 4.74 Å². The van der Waals surface area contributed by atoms with Gasteiger partial charge in [-0.25, -0.2) is 0 Å². The van der Waals surface area contributed by atoms with Crippen molar-refractivity contribution >= 4 is 17.4 Å². The highest BCUT2D eigenvalue weighted by atomic mass is 35.5. The molecule has 1 aromatic rings. The molecule has 0 aliphatic rings. The van der Waals surface area contributed by atoms with Gasteiger partial charge in [-0.1, -0.05) is 11.6 Å². The summed E-state index contributed by atoms with van der Waals surface area (Å²) in [5.41, 5.74) is -0.548. The SMILES string of the molecule is O=C(C[N+](=O)[O-])c1ccc(Cl)cc1OC(F)(F)F. The lowest BCUT2D eigenvalue weighted by Gasteiger charge is -2.11. The molecule has 18 heavy (non-hydrogen) atoms. The summed E-state index contributed by atoms with van der Waals surface area (Å²) < 4.78 is 39.8. The van der Waals surface area contributed by atoms with Crippen LogP contribution < -0.4 is 4.74 Å². The number of hydrogen-bond acceptors (Lipinski definition) is 4. The summed E-state index contributed by atoms with van der Waals surface area (Å²) in [7, 11) is 0. The smallest absolute Gasteiger partial charge is 0.405 e. The van der Waals surface area contributed by atoms with E-state index in [1.165, 1.54) is 0 Å². The van der Waals surface area contributed by atoms with Crippen LogP contribution >= 0.6 is 11.6 Å². The fourth-order valence-corrected chi connectivity index (χ4v) is 1.30. The maximum Gasteiger partial charge on any atom is 0.573 e. The van der Waals surface area contributed by atoms with E-state index in [0.717, 1.165) is 18.2 Å². The minimum absolute atomic E-state index is 0.0908. The average Bonchev–Trinajstić information content (AvgIpc) is 2.13. The van der Waals surface area contributed by atoms with Crippen molar-refractivity contribution in [1.82, 2.24) is 0 Å². The van der Waals surface area contributed by atoms with Crippen molar-refractivity contribution in [3.63, 3.8) is 0 Å². The summed E-state index contributed by atoms with van der Waals surface area (Å²) in [6.45, 7) is -1.13. The van der Waals surface area contributed by atoms with Crippen molar-refractivity contribution in [3.8, 4) is 5.75 Å². The van der Waals surface area contributed by atoms with Crippen LogP contribution in [0.25, 0.3) is 0 Å². The molecule has 0 amide bonds. The molecular weight excluding hydrogens is 279 g/mol. The van der Waals surface area contributed by atoms with Gasteiger partial charge in [-0.2, -0.15) is 0 Å². The van der Waals surface area contributed by atoms with E-state index in [4.69, 9.17) is 11.6 Å². The van der Waals surface area contributed by atoms with Crippen molar-refractivity contribution in [1.29, 1.82) is 0 Å². The Balaban J connectivity index is 3.11. The van der Waals surface area contributed by atoms with E-state index < -0.39 is 34.9 Å². The van der Waals surface area contributed by atoms with E-state index in [2.05, 4.69) is 4.74 Å². The molecule has 0 spiro atoms. The second-order valence-corrected chi connectivity index (χ2v) is 3.54. The summed E-state index contributed by atoms with van der Waals surface area (Å²) in [6.07, 6.45) is -5.02. The highest BCUT2D eigenvalue weighted by Gasteiger charge is 2.33. The van der Waals surface area contributed by atoms with Crippen LogP contribution in [0.15, 0.2) is 18.2 Å². The minimum atomic E-state index is -5.02.